The number of pyridine rings is 1. The highest BCUT2D eigenvalue weighted by molar-refractivity contribution is 5.95. The molecule has 0 amide bonds. The summed E-state index contributed by atoms with van der Waals surface area (Å²) < 4.78 is 7.72. The van der Waals surface area contributed by atoms with Gasteiger partial charge in [-0.15, -0.1) is 0 Å². The molecule has 4 aromatic rings. The van der Waals surface area contributed by atoms with E-state index in [1.807, 2.05) is 41.0 Å². The molecule has 1 saturated heterocycles. The molecule has 0 radical (unpaired) electrons. The number of aliphatic hydroxyl groups excluding tert-OH is 2. The van der Waals surface area contributed by atoms with Crippen LogP contribution in [0.1, 0.15) is 19.8 Å². The van der Waals surface area contributed by atoms with Crippen LogP contribution in [0.3, 0.4) is 0 Å². The number of phenols is 1. The summed E-state index contributed by atoms with van der Waals surface area (Å²) in [7, 11) is 0. The quantitative estimate of drug-likeness (QED) is 0.320. The molecule has 0 unspecified atom stereocenters. The van der Waals surface area contributed by atoms with Crippen molar-refractivity contribution in [3.05, 3.63) is 48.8 Å². The molecule has 1 aliphatic rings. The summed E-state index contributed by atoms with van der Waals surface area (Å²) in [5, 5.41) is 30.6. The fraction of sp³-hybridized carbons (Fsp3) is 0.385. The summed E-state index contributed by atoms with van der Waals surface area (Å²) in [5.41, 5.74) is 8.45. The average molecular weight is 478 g/mol. The highest BCUT2D eigenvalue weighted by Crippen LogP contribution is 2.36. The second kappa shape index (κ2) is 9.33. The summed E-state index contributed by atoms with van der Waals surface area (Å²) in [5.74, 6) is 1.52. The van der Waals surface area contributed by atoms with Gasteiger partial charge < -0.3 is 30.7 Å². The normalized spacial score (nSPS) is 15.3. The molecule has 184 valence electrons. The maximum Gasteiger partial charge on any atom is 0.141 e. The number of nitrogens with two attached hydrogens (primary N) is 1. The Morgan fingerprint density at radius 1 is 1.09 bits per heavy atom. The Morgan fingerprint density at radius 2 is 1.83 bits per heavy atom. The third-order valence-electron chi connectivity index (χ3n) is 6.77. The van der Waals surface area contributed by atoms with Gasteiger partial charge >= 0.3 is 0 Å². The molecule has 2 aromatic heterocycles. The predicted molar refractivity (Wildman–Crippen MR) is 135 cm³/mol. The fourth-order valence-corrected chi connectivity index (χ4v) is 4.39. The first-order valence-corrected chi connectivity index (χ1v) is 11.9. The van der Waals surface area contributed by atoms with E-state index in [0.717, 1.165) is 53.6 Å². The Morgan fingerprint density at radius 3 is 2.57 bits per heavy atom. The Balaban J connectivity index is 1.48. The van der Waals surface area contributed by atoms with Crippen molar-refractivity contribution in [3.63, 3.8) is 0 Å². The van der Waals surface area contributed by atoms with Crippen LogP contribution in [0, 0.1) is 5.41 Å². The summed E-state index contributed by atoms with van der Waals surface area (Å²) >= 11 is 0. The number of ether oxygens (including phenoxy) is 1. The first-order chi connectivity index (χ1) is 16.9. The number of imidazole rings is 1. The third-order valence-corrected chi connectivity index (χ3v) is 6.77. The largest absolute Gasteiger partial charge is 0.506 e. The smallest absolute Gasteiger partial charge is 0.141 e. The number of benzene rings is 2. The molecule has 0 saturated carbocycles. The van der Waals surface area contributed by atoms with Gasteiger partial charge in [-0.1, -0.05) is 6.92 Å². The zero-order valence-corrected chi connectivity index (χ0v) is 19.8. The Labute approximate surface area is 203 Å². The number of fused-ring (bicyclic) bond motifs is 2. The molecule has 0 atom stereocenters. The van der Waals surface area contributed by atoms with Gasteiger partial charge in [0.1, 0.15) is 29.3 Å². The number of anilines is 1. The van der Waals surface area contributed by atoms with E-state index in [2.05, 4.69) is 9.88 Å². The molecule has 9 nitrogen and oxygen atoms in total. The van der Waals surface area contributed by atoms with Crippen molar-refractivity contribution in [1.29, 1.82) is 0 Å². The van der Waals surface area contributed by atoms with Crippen molar-refractivity contribution in [2.24, 2.45) is 11.1 Å². The van der Waals surface area contributed by atoms with Crippen molar-refractivity contribution in [2.45, 2.75) is 25.8 Å². The van der Waals surface area contributed by atoms with Crippen molar-refractivity contribution in [2.75, 3.05) is 37.8 Å². The van der Waals surface area contributed by atoms with Crippen LogP contribution in [0.15, 0.2) is 48.8 Å². The van der Waals surface area contributed by atoms with Crippen molar-refractivity contribution >= 4 is 27.6 Å². The van der Waals surface area contributed by atoms with E-state index >= 15 is 0 Å². The minimum absolute atomic E-state index is 0.171. The topological polar surface area (TPSA) is 130 Å². The lowest BCUT2D eigenvalue weighted by atomic mass is 9.94. The number of aromatic hydroxyl groups is 1. The molecule has 1 aliphatic heterocycles. The number of rotatable bonds is 7. The molecule has 0 aliphatic carbocycles. The van der Waals surface area contributed by atoms with Crippen LogP contribution in [0.5, 0.6) is 11.5 Å². The lowest BCUT2D eigenvalue weighted by Crippen LogP contribution is -2.39. The maximum absolute atomic E-state index is 10.7. The van der Waals surface area contributed by atoms with E-state index in [1.165, 1.54) is 0 Å². The standard InChI is InChI=1S/C26H31N5O4/c1-26(13-32,14-33)15-35-19-4-5-21-20(12-19)28-16-31(21)23-7-3-17-2-6-22(34)25(24(17)29-23)30-10-8-18(27)9-11-30/h2-7,12,16,18,32-34H,8-11,13-15,27H2,1H3. The van der Waals surface area contributed by atoms with Gasteiger partial charge in [-0.3, -0.25) is 4.57 Å². The molecule has 0 spiro atoms. The number of piperidine rings is 1. The lowest BCUT2D eigenvalue weighted by molar-refractivity contribution is 0.0287. The van der Waals surface area contributed by atoms with Crippen LogP contribution in [0.25, 0.3) is 27.8 Å². The summed E-state index contributed by atoms with van der Waals surface area (Å²) in [4.78, 5) is 11.6. The summed E-state index contributed by atoms with van der Waals surface area (Å²) in [6.45, 7) is 3.16. The number of nitrogens with zero attached hydrogens (tertiary/aromatic N) is 4. The zero-order valence-electron chi connectivity index (χ0n) is 19.8. The van der Waals surface area contributed by atoms with Gasteiger partial charge in [0.2, 0.25) is 0 Å². The van der Waals surface area contributed by atoms with Gasteiger partial charge in [0.05, 0.1) is 36.4 Å². The maximum atomic E-state index is 10.7. The van der Waals surface area contributed by atoms with E-state index in [4.69, 9.17) is 15.5 Å². The van der Waals surface area contributed by atoms with Gasteiger partial charge in [-0.25, -0.2) is 9.97 Å². The van der Waals surface area contributed by atoms with Gasteiger partial charge in [-0.2, -0.15) is 0 Å². The van der Waals surface area contributed by atoms with Crippen LogP contribution in [-0.4, -0.2) is 68.8 Å². The van der Waals surface area contributed by atoms with Crippen molar-refractivity contribution < 1.29 is 20.1 Å². The van der Waals surface area contributed by atoms with Crippen LogP contribution in [0.2, 0.25) is 0 Å². The van der Waals surface area contributed by atoms with E-state index in [1.54, 1.807) is 19.3 Å². The zero-order chi connectivity index (χ0) is 24.6. The van der Waals surface area contributed by atoms with Crippen molar-refractivity contribution in [1.82, 2.24) is 14.5 Å². The number of hydrogen-bond donors (Lipinski definition) is 4. The van der Waals surface area contributed by atoms with Crippen LogP contribution in [-0.2, 0) is 0 Å². The average Bonchev–Trinajstić information content (AvgIpc) is 3.31. The van der Waals surface area contributed by atoms with Gasteiger partial charge in [0.15, 0.2) is 0 Å². The number of aromatic nitrogens is 3. The molecular formula is C26H31N5O4. The SMILES string of the molecule is CC(CO)(CO)COc1ccc2c(c1)ncn2-c1ccc2ccc(O)c(N3CCC(N)CC3)c2n1. The van der Waals surface area contributed by atoms with Gasteiger partial charge in [0, 0.05) is 36.0 Å². The lowest BCUT2D eigenvalue weighted by Gasteiger charge is -2.32. The molecule has 5 rings (SSSR count). The molecule has 0 bridgehead atoms. The minimum Gasteiger partial charge on any atom is -0.506 e. The second-order valence-corrected chi connectivity index (χ2v) is 9.68. The Bertz CT molecular complexity index is 1340. The van der Waals surface area contributed by atoms with Gasteiger partial charge in [0.25, 0.3) is 0 Å². The minimum atomic E-state index is -0.716. The van der Waals surface area contributed by atoms with Crippen molar-refractivity contribution in [3.8, 4) is 17.3 Å². The third kappa shape index (κ3) is 4.50. The van der Waals surface area contributed by atoms with Crippen LogP contribution >= 0.6 is 0 Å². The van der Waals surface area contributed by atoms with E-state index < -0.39 is 5.41 Å². The second-order valence-electron chi connectivity index (χ2n) is 9.68. The Hall–Kier alpha value is -3.40. The van der Waals surface area contributed by atoms with E-state index in [0.29, 0.717) is 11.6 Å². The summed E-state index contributed by atoms with van der Waals surface area (Å²) in [6, 6.07) is 13.3. The molecule has 2 aromatic carbocycles. The van der Waals surface area contributed by atoms with E-state index in [-0.39, 0.29) is 31.6 Å². The van der Waals surface area contributed by atoms with E-state index in [9.17, 15) is 15.3 Å². The van der Waals surface area contributed by atoms with Gasteiger partial charge in [-0.05, 0) is 49.2 Å². The molecule has 1 fully saturated rings. The first kappa shape index (κ1) is 23.3. The first-order valence-electron chi connectivity index (χ1n) is 11.9. The molecular weight excluding hydrogens is 446 g/mol. The molecule has 3 heterocycles. The monoisotopic (exact) mass is 477 g/mol. The number of phenolic OH excluding ortho intramolecular Hbond substituents is 1. The predicted octanol–water partition coefficient (Wildman–Crippen LogP) is 2.58. The number of hydrogen-bond acceptors (Lipinski definition) is 8. The molecule has 35 heavy (non-hydrogen) atoms. The van der Waals surface area contributed by atoms with Crippen LogP contribution in [0.4, 0.5) is 5.69 Å². The molecule has 9 heteroatoms. The molecule has 5 N–H and O–H groups in total. The summed E-state index contributed by atoms with van der Waals surface area (Å²) in [6.07, 6.45) is 3.47. The fourth-order valence-electron chi connectivity index (χ4n) is 4.39. The highest BCUT2D eigenvalue weighted by Gasteiger charge is 2.24. The highest BCUT2D eigenvalue weighted by atomic mass is 16.5. The van der Waals surface area contributed by atoms with Crippen LogP contribution < -0.4 is 15.4 Å². The number of aliphatic hydroxyl groups is 2. The Kier molecular flexibility index (Phi) is 6.22.